The molecular formula is C11H22N2O10. The predicted molar refractivity (Wildman–Crippen MR) is 68.7 cm³/mol. The molecule has 0 aromatic rings. The van der Waals surface area contributed by atoms with Gasteiger partial charge >= 0.3 is 0 Å². The van der Waals surface area contributed by atoms with Gasteiger partial charge in [0, 0.05) is 0 Å². The van der Waals surface area contributed by atoms with E-state index in [0.717, 1.165) is 0 Å². The Bertz CT molecular complexity index is 377. The SMILES string of the molecule is NOCC1O[C@H](O[C@H]2OC(CON)[C@@H](O)[C@H](O)C2O)C(O)[C@@H]1O. The van der Waals surface area contributed by atoms with Crippen LogP contribution in [0, 0.1) is 0 Å². The Hall–Kier alpha value is -0.480. The predicted octanol–water partition coefficient (Wildman–Crippen LogP) is -4.96. The van der Waals surface area contributed by atoms with E-state index < -0.39 is 55.3 Å². The lowest BCUT2D eigenvalue weighted by Gasteiger charge is -2.40. The summed E-state index contributed by atoms with van der Waals surface area (Å²) in [6, 6.07) is 0. The highest BCUT2D eigenvalue weighted by molar-refractivity contribution is 4.91. The zero-order valence-electron chi connectivity index (χ0n) is 12.0. The van der Waals surface area contributed by atoms with E-state index in [-0.39, 0.29) is 13.2 Å². The van der Waals surface area contributed by atoms with Gasteiger partial charge in [0.15, 0.2) is 12.6 Å². The molecule has 0 aromatic heterocycles. The lowest BCUT2D eigenvalue weighted by atomic mass is 9.99. The summed E-state index contributed by atoms with van der Waals surface area (Å²) in [7, 11) is 0. The van der Waals surface area contributed by atoms with Crippen molar-refractivity contribution in [2.45, 2.75) is 55.3 Å². The Morgan fingerprint density at radius 3 is 1.48 bits per heavy atom. The van der Waals surface area contributed by atoms with Gasteiger partial charge in [-0.1, -0.05) is 0 Å². The third-order valence-corrected chi connectivity index (χ3v) is 3.78. The standard InChI is InChI=1S/C11H22N2O10/c12-19-1-3-5(14)7(16)9(18)11(21-3)23-10-8(17)6(15)4(22-10)2-20-13/h3-11,14-18H,1-2,12-13H2/t3?,4?,5-,6-,7+,8?,9?,10-,11-/m1/s1. The van der Waals surface area contributed by atoms with Gasteiger partial charge in [-0.2, -0.15) is 0 Å². The topological polar surface area (TPSA) is 199 Å². The van der Waals surface area contributed by atoms with Gasteiger partial charge in [0.2, 0.25) is 0 Å². The van der Waals surface area contributed by atoms with Gasteiger partial charge in [-0.05, 0) is 0 Å². The van der Waals surface area contributed by atoms with E-state index in [0.29, 0.717) is 0 Å². The van der Waals surface area contributed by atoms with E-state index in [1.807, 2.05) is 0 Å². The van der Waals surface area contributed by atoms with Crippen molar-refractivity contribution in [3.63, 3.8) is 0 Å². The maximum Gasteiger partial charge on any atom is 0.189 e. The van der Waals surface area contributed by atoms with Gasteiger partial charge in [-0.25, -0.2) is 11.8 Å². The number of hydrogen-bond donors (Lipinski definition) is 7. The molecule has 12 heteroatoms. The van der Waals surface area contributed by atoms with Crippen molar-refractivity contribution in [1.29, 1.82) is 0 Å². The van der Waals surface area contributed by atoms with E-state index in [1.165, 1.54) is 0 Å². The minimum absolute atomic E-state index is 0.197. The molecule has 0 bridgehead atoms. The van der Waals surface area contributed by atoms with Crippen LogP contribution in [0.5, 0.6) is 0 Å². The van der Waals surface area contributed by atoms with E-state index in [9.17, 15) is 25.5 Å². The fraction of sp³-hybridized carbons (Fsp3) is 1.00. The van der Waals surface area contributed by atoms with Gasteiger partial charge in [0.05, 0.1) is 13.2 Å². The third kappa shape index (κ3) is 3.96. The summed E-state index contributed by atoms with van der Waals surface area (Å²) < 4.78 is 15.7. The second-order valence-electron chi connectivity index (χ2n) is 5.34. The average molecular weight is 342 g/mol. The van der Waals surface area contributed by atoms with Crippen molar-refractivity contribution in [2.75, 3.05) is 13.2 Å². The highest BCUT2D eigenvalue weighted by atomic mass is 16.8. The minimum Gasteiger partial charge on any atom is -0.387 e. The Labute approximate surface area is 131 Å². The third-order valence-electron chi connectivity index (χ3n) is 3.78. The number of aliphatic hydroxyl groups excluding tert-OH is 5. The number of ether oxygens (including phenoxy) is 3. The van der Waals surface area contributed by atoms with Crippen molar-refractivity contribution in [1.82, 2.24) is 0 Å². The van der Waals surface area contributed by atoms with Crippen LogP contribution in [0.2, 0.25) is 0 Å². The number of rotatable bonds is 6. The molecule has 0 aliphatic carbocycles. The molecule has 2 saturated heterocycles. The summed E-state index contributed by atoms with van der Waals surface area (Å²) in [5.41, 5.74) is 0. The number of hydrogen-bond acceptors (Lipinski definition) is 12. The molecule has 0 radical (unpaired) electrons. The smallest absolute Gasteiger partial charge is 0.189 e. The van der Waals surface area contributed by atoms with Crippen LogP contribution in [0.3, 0.4) is 0 Å². The Morgan fingerprint density at radius 1 is 0.652 bits per heavy atom. The van der Waals surface area contributed by atoms with Crippen LogP contribution >= 0.6 is 0 Å². The van der Waals surface area contributed by atoms with Crippen molar-refractivity contribution in [3.05, 3.63) is 0 Å². The van der Waals surface area contributed by atoms with Crippen molar-refractivity contribution in [2.24, 2.45) is 11.8 Å². The van der Waals surface area contributed by atoms with Crippen LogP contribution in [-0.4, -0.2) is 94.1 Å². The highest BCUT2D eigenvalue weighted by Gasteiger charge is 2.49. The van der Waals surface area contributed by atoms with Gasteiger partial charge < -0.3 is 49.4 Å². The number of nitrogens with two attached hydrogens (primary N) is 2. The van der Waals surface area contributed by atoms with Gasteiger partial charge in [-0.15, -0.1) is 0 Å². The van der Waals surface area contributed by atoms with Crippen molar-refractivity contribution < 1.29 is 49.4 Å². The first-order chi connectivity index (χ1) is 10.9. The normalized spacial score (nSPS) is 47.9. The van der Waals surface area contributed by atoms with Gasteiger partial charge in [0.1, 0.15) is 42.7 Å². The van der Waals surface area contributed by atoms with Gasteiger partial charge in [-0.3, -0.25) is 0 Å². The second kappa shape index (κ2) is 8.06. The van der Waals surface area contributed by atoms with Gasteiger partial charge in [0.25, 0.3) is 0 Å². The van der Waals surface area contributed by atoms with E-state index in [1.54, 1.807) is 0 Å². The van der Waals surface area contributed by atoms with Crippen molar-refractivity contribution >= 4 is 0 Å². The first-order valence-corrected chi connectivity index (χ1v) is 6.90. The van der Waals surface area contributed by atoms with Crippen LogP contribution in [0.25, 0.3) is 0 Å². The molecule has 23 heavy (non-hydrogen) atoms. The molecule has 2 aliphatic rings. The molecular weight excluding hydrogens is 320 g/mol. The summed E-state index contributed by atoms with van der Waals surface area (Å²) in [6.45, 7) is -0.470. The van der Waals surface area contributed by atoms with Crippen LogP contribution in [0.15, 0.2) is 0 Å². The molecule has 2 heterocycles. The lowest BCUT2D eigenvalue weighted by molar-refractivity contribution is -0.343. The summed E-state index contributed by atoms with van der Waals surface area (Å²) in [5.74, 6) is 9.79. The molecule has 0 aromatic carbocycles. The molecule has 2 rings (SSSR count). The molecule has 12 nitrogen and oxygen atoms in total. The molecule has 9 N–H and O–H groups in total. The largest absolute Gasteiger partial charge is 0.387 e. The van der Waals surface area contributed by atoms with Crippen molar-refractivity contribution in [3.8, 4) is 0 Å². The molecule has 9 atom stereocenters. The molecule has 4 unspecified atom stereocenters. The molecule has 2 aliphatic heterocycles. The molecule has 0 spiro atoms. The molecule has 2 fully saturated rings. The number of aliphatic hydroxyl groups is 5. The van der Waals surface area contributed by atoms with E-state index >= 15 is 0 Å². The average Bonchev–Trinajstić information content (AvgIpc) is 2.78. The quantitative estimate of drug-likeness (QED) is 0.227. The Balaban J connectivity index is 2.00. The fourth-order valence-corrected chi connectivity index (χ4v) is 2.45. The highest BCUT2D eigenvalue weighted by Crippen LogP contribution is 2.28. The van der Waals surface area contributed by atoms with Crippen LogP contribution in [0.4, 0.5) is 0 Å². The Morgan fingerprint density at radius 2 is 1.04 bits per heavy atom. The summed E-state index contributed by atoms with van der Waals surface area (Å²) in [4.78, 5) is 8.70. The van der Waals surface area contributed by atoms with Crippen LogP contribution < -0.4 is 11.8 Å². The van der Waals surface area contributed by atoms with Crippen LogP contribution in [-0.2, 0) is 23.9 Å². The zero-order chi connectivity index (χ0) is 17.1. The second-order valence-corrected chi connectivity index (χ2v) is 5.34. The molecule has 136 valence electrons. The molecule has 0 amide bonds. The monoisotopic (exact) mass is 342 g/mol. The van der Waals surface area contributed by atoms with E-state index in [2.05, 4.69) is 9.68 Å². The summed E-state index contributed by atoms with van der Waals surface area (Å²) in [6.07, 6.45) is -12.3. The summed E-state index contributed by atoms with van der Waals surface area (Å²) in [5, 5.41) is 49.1. The first kappa shape index (κ1) is 18.9. The maximum absolute atomic E-state index is 9.90. The maximum atomic E-state index is 9.90. The van der Waals surface area contributed by atoms with Crippen LogP contribution in [0.1, 0.15) is 0 Å². The molecule has 0 saturated carbocycles. The summed E-state index contributed by atoms with van der Waals surface area (Å²) >= 11 is 0. The minimum atomic E-state index is -1.63. The van der Waals surface area contributed by atoms with E-state index in [4.69, 9.17) is 26.0 Å². The first-order valence-electron chi connectivity index (χ1n) is 6.90. The fourth-order valence-electron chi connectivity index (χ4n) is 2.45. The lowest BCUT2D eigenvalue weighted by Crippen LogP contribution is -2.60. The zero-order valence-corrected chi connectivity index (χ0v) is 12.0. The Kier molecular flexibility index (Phi) is 6.61.